The first kappa shape index (κ1) is 22.7. The predicted octanol–water partition coefficient (Wildman–Crippen LogP) is 2.84. The molecule has 11 heteroatoms. The van der Waals surface area contributed by atoms with Crippen molar-refractivity contribution in [2.45, 2.75) is 10.7 Å². The number of hydrogen-bond donors (Lipinski definition) is 0. The molecule has 0 bridgehead atoms. The van der Waals surface area contributed by atoms with Gasteiger partial charge in [0, 0.05) is 44.6 Å². The number of carbonyl (C=O) groups excluding carboxylic acids is 1. The summed E-state index contributed by atoms with van der Waals surface area (Å²) in [7, 11) is -3.30. The molecule has 1 aromatic heterocycles. The van der Waals surface area contributed by atoms with Gasteiger partial charge in [0.1, 0.15) is 5.75 Å². The number of benzene rings is 2. The topological polar surface area (TPSA) is 84.7 Å². The van der Waals surface area contributed by atoms with E-state index in [1.165, 1.54) is 23.1 Å². The van der Waals surface area contributed by atoms with Crippen molar-refractivity contribution in [1.82, 2.24) is 14.5 Å². The summed E-state index contributed by atoms with van der Waals surface area (Å²) in [5.74, 6) is -2.79. The summed E-state index contributed by atoms with van der Waals surface area (Å²) >= 11 is 0. The number of imidazole rings is 1. The normalized spacial score (nSPS) is 14.5. The fourth-order valence-corrected chi connectivity index (χ4v) is 4.68. The van der Waals surface area contributed by atoms with Gasteiger partial charge in [0.2, 0.25) is 15.8 Å². The summed E-state index contributed by atoms with van der Waals surface area (Å²) < 4.78 is 57.4. The van der Waals surface area contributed by atoms with Gasteiger partial charge in [-0.05, 0) is 24.3 Å². The zero-order chi connectivity index (χ0) is 23.6. The highest BCUT2D eigenvalue weighted by atomic mass is 32.2. The molecule has 0 N–H and O–H groups in total. The van der Waals surface area contributed by atoms with Gasteiger partial charge in [0.25, 0.3) is 5.91 Å². The van der Waals surface area contributed by atoms with Gasteiger partial charge in [-0.25, -0.2) is 13.4 Å². The van der Waals surface area contributed by atoms with Gasteiger partial charge in [-0.1, -0.05) is 18.2 Å². The fourth-order valence-electron chi connectivity index (χ4n) is 3.76. The van der Waals surface area contributed by atoms with Gasteiger partial charge in [0.05, 0.1) is 23.3 Å². The maximum atomic E-state index is 13.1. The second kappa shape index (κ2) is 9.18. The molecular weight excluding hydrogens is 454 g/mol. The number of nitrogens with zero attached hydrogens (tertiary/aromatic N) is 4. The third-order valence-electron chi connectivity index (χ3n) is 5.46. The van der Waals surface area contributed by atoms with E-state index >= 15 is 0 Å². The van der Waals surface area contributed by atoms with Gasteiger partial charge in [-0.2, -0.15) is 8.78 Å². The van der Waals surface area contributed by atoms with Crippen molar-refractivity contribution >= 4 is 21.7 Å². The van der Waals surface area contributed by atoms with E-state index in [2.05, 4.69) is 4.98 Å². The molecule has 3 aromatic rings. The van der Waals surface area contributed by atoms with Crippen molar-refractivity contribution in [3.63, 3.8) is 0 Å². The Kier molecular flexibility index (Phi) is 6.32. The first-order valence-corrected chi connectivity index (χ1v) is 11.7. The molecule has 4 rings (SSSR count). The Bertz CT molecular complexity index is 1250. The van der Waals surface area contributed by atoms with Gasteiger partial charge in [0.15, 0.2) is 0 Å². The van der Waals surface area contributed by atoms with Crippen molar-refractivity contribution in [1.29, 1.82) is 0 Å². The van der Waals surface area contributed by atoms with Crippen LogP contribution in [0.15, 0.2) is 65.8 Å². The lowest BCUT2D eigenvalue weighted by Gasteiger charge is -2.35. The summed E-state index contributed by atoms with van der Waals surface area (Å²) in [6.45, 7) is 1.45. The van der Waals surface area contributed by atoms with E-state index in [4.69, 9.17) is 4.74 Å². The van der Waals surface area contributed by atoms with Crippen molar-refractivity contribution in [2.75, 3.05) is 38.2 Å². The molecular formula is C22H22F2N4O4S. The van der Waals surface area contributed by atoms with Crippen molar-refractivity contribution in [3.8, 4) is 11.4 Å². The molecule has 174 valence electrons. The highest BCUT2D eigenvalue weighted by Gasteiger charge is 2.33. The molecule has 0 aliphatic carbocycles. The zero-order valence-electron chi connectivity index (χ0n) is 17.8. The number of aromatic nitrogens is 2. The monoisotopic (exact) mass is 476 g/mol. The number of alkyl halides is 2. The summed E-state index contributed by atoms with van der Waals surface area (Å²) in [6, 6.07) is 12.6. The van der Waals surface area contributed by atoms with E-state index in [0.29, 0.717) is 24.8 Å². The van der Waals surface area contributed by atoms with Crippen LogP contribution in [0.5, 0.6) is 5.75 Å². The summed E-state index contributed by atoms with van der Waals surface area (Å²) in [5.41, 5.74) is 0.621. The highest BCUT2D eigenvalue weighted by Crippen LogP contribution is 2.26. The van der Waals surface area contributed by atoms with Crippen molar-refractivity contribution in [2.24, 2.45) is 0 Å². The average molecular weight is 477 g/mol. The smallest absolute Gasteiger partial charge is 0.341 e. The summed E-state index contributed by atoms with van der Waals surface area (Å²) in [5, 5.41) is 0. The van der Waals surface area contributed by atoms with Crippen molar-refractivity contribution in [3.05, 3.63) is 66.5 Å². The first-order valence-electron chi connectivity index (χ1n) is 10.2. The molecule has 0 unspecified atom stereocenters. The number of hydrogen-bond acceptors (Lipinski definition) is 6. The zero-order valence-corrected chi connectivity index (χ0v) is 18.6. The molecule has 2 heterocycles. The predicted molar refractivity (Wildman–Crippen MR) is 118 cm³/mol. The highest BCUT2D eigenvalue weighted by molar-refractivity contribution is 7.91. The quantitative estimate of drug-likeness (QED) is 0.544. The van der Waals surface area contributed by atoms with Crippen LogP contribution in [0.4, 0.5) is 14.7 Å². The maximum Gasteiger partial charge on any atom is 0.341 e. The molecule has 1 saturated heterocycles. The largest absolute Gasteiger partial charge is 0.497 e. The number of sulfone groups is 1. The van der Waals surface area contributed by atoms with Crippen LogP contribution in [-0.4, -0.2) is 67.8 Å². The minimum absolute atomic E-state index is 0.246. The number of ether oxygens (including phenoxy) is 1. The minimum Gasteiger partial charge on any atom is -0.497 e. The van der Waals surface area contributed by atoms with Crippen LogP contribution in [-0.2, 0) is 9.84 Å². The van der Waals surface area contributed by atoms with Gasteiger partial charge in [-0.3, -0.25) is 9.36 Å². The molecule has 0 radical (unpaired) electrons. The molecule has 0 saturated carbocycles. The Hall–Kier alpha value is -3.47. The fraction of sp³-hybridized carbons (Fsp3) is 0.273. The second-order valence-electron chi connectivity index (χ2n) is 7.38. The molecule has 33 heavy (non-hydrogen) atoms. The van der Waals surface area contributed by atoms with Crippen LogP contribution in [0, 0.1) is 0 Å². The Balaban J connectivity index is 1.51. The number of carbonyl (C=O) groups is 1. The standard InChI is InChI=1S/C22H22F2N4O4S/c1-32-17-6-4-5-16(15-17)28-10-9-25-22(28)27-13-11-26(12-14-27)20(29)18-7-2-3-8-19(18)33(30,31)21(23)24/h2-10,15,21H,11-14H2,1H3. The van der Waals surface area contributed by atoms with Crippen LogP contribution in [0.25, 0.3) is 5.69 Å². The number of amides is 1. The Labute approximate surface area is 189 Å². The molecule has 2 aromatic carbocycles. The summed E-state index contributed by atoms with van der Waals surface area (Å²) in [4.78, 5) is 20.3. The Morgan fingerprint density at radius 2 is 1.79 bits per heavy atom. The number of piperazine rings is 1. The van der Waals surface area contributed by atoms with Gasteiger partial charge >= 0.3 is 5.76 Å². The summed E-state index contributed by atoms with van der Waals surface area (Å²) in [6.07, 6.45) is 3.50. The molecule has 0 atom stereocenters. The number of anilines is 1. The van der Waals surface area contributed by atoms with E-state index in [9.17, 15) is 22.0 Å². The first-order chi connectivity index (χ1) is 15.8. The van der Waals surface area contributed by atoms with Crippen LogP contribution in [0.2, 0.25) is 0 Å². The lowest BCUT2D eigenvalue weighted by molar-refractivity contribution is 0.0742. The number of halogens is 2. The van der Waals surface area contributed by atoms with E-state index in [1.807, 2.05) is 39.9 Å². The minimum atomic E-state index is -4.89. The van der Waals surface area contributed by atoms with E-state index in [1.54, 1.807) is 13.3 Å². The molecule has 1 amide bonds. The molecule has 1 fully saturated rings. The lowest BCUT2D eigenvalue weighted by Crippen LogP contribution is -2.49. The van der Waals surface area contributed by atoms with E-state index in [0.717, 1.165) is 11.8 Å². The van der Waals surface area contributed by atoms with E-state index < -0.39 is 26.4 Å². The third kappa shape index (κ3) is 4.40. The van der Waals surface area contributed by atoms with Crippen LogP contribution >= 0.6 is 0 Å². The lowest BCUT2D eigenvalue weighted by atomic mass is 10.2. The molecule has 0 spiro atoms. The molecule has 1 aliphatic rings. The van der Waals surface area contributed by atoms with Crippen LogP contribution in [0.3, 0.4) is 0 Å². The second-order valence-corrected chi connectivity index (χ2v) is 9.27. The van der Waals surface area contributed by atoms with Gasteiger partial charge < -0.3 is 14.5 Å². The maximum absolute atomic E-state index is 13.1. The SMILES string of the molecule is COc1cccc(-n2ccnc2N2CCN(C(=O)c3ccccc3S(=O)(=O)C(F)F)CC2)c1. The van der Waals surface area contributed by atoms with Crippen molar-refractivity contribution < 1.29 is 26.7 Å². The number of methoxy groups -OCH3 is 1. The van der Waals surface area contributed by atoms with E-state index in [-0.39, 0.29) is 18.7 Å². The number of rotatable bonds is 6. The van der Waals surface area contributed by atoms with Crippen LogP contribution < -0.4 is 9.64 Å². The molecule has 1 aliphatic heterocycles. The van der Waals surface area contributed by atoms with Gasteiger partial charge in [-0.15, -0.1) is 0 Å². The third-order valence-corrected chi connectivity index (χ3v) is 6.90. The molecule has 8 nitrogen and oxygen atoms in total. The van der Waals surface area contributed by atoms with Crippen LogP contribution in [0.1, 0.15) is 10.4 Å². The Morgan fingerprint density at radius 3 is 2.48 bits per heavy atom. The average Bonchev–Trinajstić information content (AvgIpc) is 3.33. The Morgan fingerprint density at radius 1 is 1.06 bits per heavy atom.